The SMILES string of the molecule is O=C(O)c1csc(CNC(=O)c2noc3c2CCCC3)n1. The molecule has 0 saturated carbocycles. The molecule has 1 aliphatic carbocycles. The Kier molecular flexibility index (Phi) is 3.70. The number of carbonyl (C=O) groups is 2. The second kappa shape index (κ2) is 5.65. The van der Waals surface area contributed by atoms with Crippen molar-refractivity contribution >= 4 is 23.2 Å². The van der Waals surface area contributed by atoms with Gasteiger partial charge in [-0.05, 0) is 19.3 Å². The first-order valence-corrected chi connectivity index (χ1v) is 7.46. The molecule has 2 aromatic rings. The summed E-state index contributed by atoms with van der Waals surface area (Å²) in [7, 11) is 0. The first-order chi connectivity index (χ1) is 10.1. The predicted octanol–water partition coefficient (Wildman–Crippen LogP) is 1.64. The van der Waals surface area contributed by atoms with E-state index in [4.69, 9.17) is 9.63 Å². The topological polar surface area (TPSA) is 105 Å². The van der Waals surface area contributed by atoms with Crippen molar-refractivity contribution in [1.82, 2.24) is 15.5 Å². The molecule has 21 heavy (non-hydrogen) atoms. The summed E-state index contributed by atoms with van der Waals surface area (Å²) in [4.78, 5) is 26.8. The van der Waals surface area contributed by atoms with Gasteiger partial charge in [-0.1, -0.05) is 5.16 Å². The fourth-order valence-corrected chi connectivity index (χ4v) is 3.00. The number of fused-ring (bicyclic) bond motifs is 1. The third-order valence-corrected chi connectivity index (χ3v) is 4.19. The highest BCUT2D eigenvalue weighted by Crippen LogP contribution is 2.24. The zero-order valence-corrected chi connectivity index (χ0v) is 11.9. The second-order valence-corrected chi connectivity index (χ2v) is 5.70. The smallest absolute Gasteiger partial charge is 0.355 e. The summed E-state index contributed by atoms with van der Waals surface area (Å²) in [6, 6.07) is 0. The van der Waals surface area contributed by atoms with Gasteiger partial charge < -0.3 is 14.9 Å². The van der Waals surface area contributed by atoms with Crippen LogP contribution >= 0.6 is 11.3 Å². The fraction of sp³-hybridized carbons (Fsp3) is 0.385. The van der Waals surface area contributed by atoms with Crippen LogP contribution in [0.5, 0.6) is 0 Å². The molecule has 0 aromatic carbocycles. The number of aromatic nitrogens is 2. The second-order valence-electron chi connectivity index (χ2n) is 4.75. The van der Waals surface area contributed by atoms with Crippen LogP contribution in [0.15, 0.2) is 9.90 Å². The average molecular weight is 307 g/mol. The van der Waals surface area contributed by atoms with Crippen LogP contribution in [0.3, 0.4) is 0 Å². The van der Waals surface area contributed by atoms with Crippen molar-refractivity contribution in [2.45, 2.75) is 32.2 Å². The minimum Gasteiger partial charge on any atom is -0.476 e. The zero-order chi connectivity index (χ0) is 14.8. The molecule has 1 amide bonds. The van der Waals surface area contributed by atoms with Crippen molar-refractivity contribution in [3.8, 4) is 0 Å². The Labute approximate surface area is 124 Å². The Morgan fingerprint density at radius 1 is 1.38 bits per heavy atom. The van der Waals surface area contributed by atoms with E-state index in [1.54, 1.807) is 0 Å². The fourth-order valence-electron chi connectivity index (χ4n) is 2.29. The highest BCUT2D eigenvalue weighted by atomic mass is 32.1. The highest BCUT2D eigenvalue weighted by Gasteiger charge is 2.23. The monoisotopic (exact) mass is 307 g/mol. The summed E-state index contributed by atoms with van der Waals surface area (Å²) < 4.78 is 5.19. The third kappa shape index (κ3) is 2.80. The lowest BCUT2D eigenvalue weighted by Crippen LogP contribution is -2.24. The van der Waals surface area contributed by atoms with Crippen LogP contribution in [0.25, 0.3) is 0 Å². The van der Waals surface area contributed by atoms with Gasteiger partial charge in [0, 0.05) is 17.4 Å². The van der Waals surface area contributed by atoms with Crippen LogP contribution in [-0.4, -0.2) is 27.1 Å². The lowest BCUT2D eigenvalue weighted by molar-refractivity contribution is 0.0691. The lowest BCUT2D eigenvalue weighted by atomic mass is 9.96. The molecule has 110 valence electrons. The first-order valence-electron chi connectivity index (χ1n) is 6.58. The maximum Gasteiger partial charge on any atom is 0.355 e. The molecular weight excluding hydrogens is 294 g/mol. The van der Waals surface area contributed by atoms with Gasteiger partial charge in [0.1, 0.15) is 10.8 Å². The number of nitrogens with zero attached hydrogens (tertiary/aromatic N) is 2. The maximum absolute atomic E-state index is 12.1. The Bertz CT molecular complexity index is 691. The number of thiazole rings is 1. The molecule has 0 saturated heterocycles. The number of aryl methyl sites for hydroxylation is 1. The van der Waals surface area contributed by atoms with Gasteiger partial charge in [-0.15, -0.1) is 11.3 Å². The van der Waals surface area contributed by atoms with Gasteiger partial charge >= 0.3 is 5.97 Å². The quantitative estimate of drug-likeness (QED) is 0.889. The summed E-state index contributed by atoms with van der Waals surface area (Å²) in [6.45, 7) is 0.179. The first kappa shape index (κ1) is 13.7. The van der Waals surface area contributed by atoms with Gasteiger partial charge in [-0.3, -0.25) is 4.79 Å². The van der Waals surface area contributed by atoms with Crippen molar-refractivity contribution < 1.29 is 19.2 Å². The molecule has 2 heterocycles. The Hall–Kier alpha value is -2.22. The average Bonchev–Trinajstić information content (AvgIpc) is 3.11. The normalized spacial score (nSPS) is 13.7. The molecule has 0 fully saturated rings. The molecule has 1 aliphatic rings. The largest absolute Gasteiger partial charge is 0.476 e. The molecule has 0 radical (unpaired) electrons. The number of aromatic carboxylic acids is 1. The van der Waals surface area contributed by atoms with Gasteiger partial charge in [0.2, 0.25) is 0 Å². The van der Waals surface area contributed by atoms with E-state index in [2.05, 4.69) is 15.5 Å². The maximum atomic E-state index is 12.1. The Morgan fingerprint density at radius 2 is 2.19 bits per heavy atom. The Balaban J connectivity index is 1.66. The number of carbonyl (C=O) groups excluding carboxylic acids is 1. The summed E-state index contributed by atoms with van der Waals surface area (Å²) in [5.41, 5.74) is 1.21. The number of amides is 1. The number of hydrogen-bond acceptors (Lipinski definition) is 6. The van der Waals surface area contributed by atoms with Crippen LogP contribution in [0, 0.1) is 0 Å². The minimum atomic E-state index is -1.07. The number of nitrogens with one attached hydrogen (secondary N) is 1. The third-order valence-electron chi connectivity index (χ3n) is 3.34. The summed E-state index contributed by atoms with van der Waals surface area (Å²) in [6.07, 6.45) is 3.72. The van der Waals surface area contributed by atoms with Gasteiger partial charge in [0.25, 0.3) is 5.91 Å². The Morgan fingerprint density at radius 3 is 2.95 bits per heavy atom. The minimum absolute atomic E-state index is 0.0111. The van der Waals surface area contributed by atoms with Crippen LogP contribution in [0.1, 0.15) is 50.1 Å². The van der Waals surface area contributed by atoms with Gasteiger partial charge in [0.15, 0.2) is 11.4 Å². The summed E-state index contributed by atoms with van der Waals surface area (Å²) in [5.74, 6) is -0.586. The van der Waals surface area contributed by atoms with E-state index in [0.29, 0.717) is 10.7 Å². The molecule has 0 spiro atoms. The lowest BCUT2D eigenvalue weighted by Gasteiger charge is -2.08. The molecule has 0 atom stereocenters. The van der Waals surface area contributed by atoms with Crippen LogP contribution in [0.4, 0.5) is 0 Å². The molecule has 2 aromatic heterocycles. The van der Waals surface area contributed by atoms with E-state index in [-0.39, 0.29) is 18.1 Å². The van der Waals surface area contributed by atoms with E-state index >= 15 is 0 Å². The standard InChI is InChI=1S/C13H13N3O4S/c17-12(11-7-3-1-2-4-9(7)20-16-11)14-5-10-15-8(6-21-10)13(18)19/h6H,1-5H2,(H,14,17)(H,18,19). The molecule has 8 heteroatoms. The molecule has 0 unspecified atom stereocenters. The molecule has 0 bridgehead atoms. The van der Waals surface area contributed by atoms with Crippen molar-refractivity contribution in [2.75, 3.05) is 0 Å². The van der Waals surface area contributed by atoms with Gasteiger partial charge in [0.05, 0.1) is 6.54 Å². The van der Waals surface area contributed by atoms with Gasteiger partial charge in [-0.25, -0.2) is 9.78 Å². The van der Waals surface area contributed by atoms with Crippen molar-refractivity contribution in [2.24, 2.45) is 0 Å². The number of carboxylic acid groups (broad SMARTS) is 1. The zero-order valence-electron chi connectivity index (χ0n) is 11.1. The van der Waals surface area contributed by atoms with Crippen molar-refractivity contribution in [1.29, 1.82) is 0 Å². The van der Waals surface area contributed by atoms with Crippen molar-refractivity contribution in [3.63, 3.8) is 0 Å². The molecular formula is C13H13N3O4S. The van der Waals surface area contributed by atoms with Gasteiger partial charge in [-0.2, -0.15) is 0 Å². The molecule has 2 N–H and O–H groups in total. The van der Waals surface area contributed by atoms with E-state index in [0.717, 1.165) is 37.0 Å². The molecule has 7 nitrogen and oxygen atoms in total. The number of carboxylic acids is 1. The van der Waals surface area contributed by atoms with E-state index in [1.165, 1.54) is 16.7 Å². The van der Waals surface area contributed by atoms with Crippen LogP contribution < -0.4 is 5.32 Å². The van der Waals surface area contributed by atoms with E-state index < -0.39 is 5.97 Å². The van der Waals surface area contributed by atoms with E-state index in [1.807, 2.05) is 0 Å². The summed E-state index contributed by atoms with van der Waals surface area (Å²) >= 11 is 1.20. The number of hydrogen-bond donors (Lipinski definition) is 2. The van der Waals surface area contributed by atoms with Crippen molar-refractivity contribution in [3.05, 3.63) is 33.1 Å². The summed E-state index contributed by atoms with van der Waals surface area (Å²) in [5, 5.41) is 17.3. The van der Waals surface area contributed by atoms with Crippen LogP contribution in [-0.2, 0) is 19.4 Å². The van der Waals surface area contributed by atoms with E-state index in [9.17, 15) is 9.59 Å². The van der Waals surface area contributed by atoms with Crippen LogP contribution in [0.2, 0.25) is 0 Å². The highest BCUT2D eigenvalue weighted by molar-refractivity contribution is 7.09. The number of rotatable bonds is 4. The molecule has 0 aliphatic heterocycles. The molecule has 3 rings (SSSR count). The predicted molar refractivity (Wildman–Crippen MR) is 73.4 cm³/mol.